The van der Waals surface area contributed by atoms with Crippen molar-refractivity contribution in [3.8, 4) is 0 Å². The molecule has 5 nitrogen and oxygen atoms in total. The molecule has 2 aliphatic rings. The molecule has 2 N–H and O–H groups in total. The van der Waals surface area contributed by atoms with Gasteiger partial charge in [0, 0.05) is 35.6 Å². The average Bonchev–Trinajstić information content (AvgIpc) is 2.81. The summed E-state index contributed by atoms with van der Waals surface area (Å²) in [7, 11) is 0. The standard InChI is InChI=1S/C16H25N3O2S/c1-15(2,3)21-14(20)19-12-9-11(16(12)5-4-6-16)18-10-13-17-7-8-22-13/h7-8,11-12,18H,4-6,9-10H2,1-3H3,(H,19,20). The summed E-state index contributed by atoms with van der Waals surface area (Å²) >= 11 is 1.68. The fraction of sp³-hybridized carbons (Fsp3) is 0.750. The molecular weight excluding hydrogens is 298 g/mol. The maximum atomic E-state index is 12.0. The van der Waals surface area contributed by atoms with Gasteiger partial charge in [-0.05, 0) is 40.0 Å². The third-order valence-electron chi connectivity index (χ3n) is 4.82. The summed E-state index contributed by atoms with van der Waals surface area (Å²) in [6.45, 7) is 6.50. The number of carbonyl (C=O) groups excluding carboxylic acids is 1. The van der Waals surface area contributed by atoms with Crippen molar-refractivity contribution in [1.82, 2.24) is 15.6 Å². The molecule has 2 atom stereocenters. The Kier molecular flexibility index (Phi) is 4.16. The molecule has 1 aromatic rings. The molecule has 0 aromatic carbocycles. The van der Waals surface area contributed by atoms with E-state index in [1.807, 2.05) is 32.3 Å². The zero-order chi connectivity index (χ0) is 15.8. The fourth-order valence-corrected chi connectivity index (χ4v) is 4.13. The van der Waals surface area contributed by atoms with Gasteiger partial charge in [0.05, 0.1) is 0 Å². The second-order valence-corrected chi connectivity index (χ2v) is 8.36. The van der Waals surface area contributed by atoms with E-state index in [9.17, 15) is 4.79 Å². The van der Waals surface area contributed by atoms with Crippen LogP contribution in [0.3, 0.4) is 0 Å². The summed E-state index contributed by atoms with van der Waals surface area (Å²) in [6.07, 6.45) is 6.15. The lowest BCUT2D eigenvalue weighted by Gasteiger charge is -2.61. The SMILES string of the molecule is CC(C)(C)OC(=O)NC1CC(NCc2nccs2)C12CCC2. The number of hydrogen-bond acceptors (Lipinski definition) is 5. The molecular formula is C16H25N3O2S. The molecule has 2 saturated carbocycles. The molecule has 2 fully saturated rings. The number of rotatable bonds is 4. The number of nitrogens with one attached hydrogen (secondary N) is 2. The first-order valence-corrected chi connectivity index (χ1v) is 8.88. The Hall–Kier alpha value is -1.14. The van der Waals surface area contributed by atoms with Crippen LogP contribution >= 0.6 is 11.3 Å². The van der Waals surface area contributed by atoms with E-state index in [2.05, 4.69) is 15.6 Å². The van der Waals surface area contributed by atoms with E-state index in [4.69, 9.17) is 4.74 Å². The normalized spacial score (nSPS) is 26.1. The van der Waals surface area contributed by atoms with Gasteiger partial charge in [0.1, 0.15) is 10.6 Å². The van der Waals surface area contributed by atoms with E-state index in [1.165, 1.54) is 19.3 Å². The first-order valence-electron chi connectivity index (χ1n) is 8.00. The van der Waals surface area contributed by atoms with E-state index in [0.717, 1.165) is 18.0 Å². The second kappa shape index (κ2) is 5.81. The Morgan fingerprint density at radius 1 is 1.45 bits per heavy atom. The molecule has 122 valence electrons. The number of hydrogen-bond donors (Lipinski definition) is 2. The summed E-state index contributed by atoms with van der Waals surface area (Å²) in [4.78, 5) is 16.3. The van der Waals surface area contributed by atoms with E-state index >= 15 is 0 Å². The topological polar surface area (TPSA) is 63.2 Å². The smallest absolute Gasteiger partial charge is 0.407 e. The quantitative estimate of drug-likeness (QED) is 0.894. The third kappa shape index (κ3) is 3.13. The van der Waals surface area contributed by atoms with Crippen molar-refractivity contribution in [1.29, 1.82) is 0 Å². The van der Waals surface area contributed by atoms with Crippen LogP contribution in [0.2, 0.25) is 0 Å². The molecule has 0 radical (unpaired) electrons. The minimum absolute atomic E-state index is 0.230. The number of amides is 1. The lowest BCUT2D eigenvalue weighted by Crippen LogP contribution is -2.70. The van der Waals surface area contributed by atoms with Crippen molar-refractivity contribution >= 4 is 17.4 Å². The number of aromatic nitrogens is 1. The summed E-state index contributed by atoms with van der Waals surface area (Å²) in [5.41, 5.74) is -0.211. The maximum absolute atomic E-state index is 12.0. The van der Waals surface area contributed by atoms with Gasteiger partial charge in [0.2, 0.25) is 0 Å². The molecule has 0 aliphatic heterocycles. The van der Waals surface area contributed by atoms with Crippen molar-refractivity contribution in [3.63, 3.8) is 0 Å². The van der Waals surface area contributed by atoms with E-state index in [0.29, 0.717) is 6.04 Å². The van der Waals surface area contributed by atoms with Crippen molar-refractivity contribution in [2.75, 3.05) is 0 Å². The van der Waals surface area contributed by atoms with Crippen LogP contribution in [-0.2, 0) is 11.3 Å². The monoisotopic (exact) mass is 323 g/mol. The van der Waals surface area contributed by atoms with Crippen LogP contribution in [0.15, 0.2) is 11.6 Å². The molecule has 3 rings (SSSR count). The zero-order valence-corrected chi connectivity index (χ0v) is 14.3. The van der Waals surface area contributed by atoms with Gasteiger partial charge < -0.3 is 15.4 Å². The number of carbonyl (C=O) groups is 1. The van der Waals surface area contributed by atoms with E-state index in [1.54, 1.807) is 11.3 Å². The van der Waals surface area contributed by atoms with E-state index < -0.39 is 5.60 Å². The molecule has 2 unspecified atom stereocenters. The molecule has 1 aromatic heterocycles. The van der Waals surface area contributed by atoms with Crippen LogP contribution < -0.4 is 10.6 Å². The van der Waals surface area contributed by atoms with Crippen LogP contribution in [0.25, 0.3) is 0 Å². The van der Waals surface area contributed by atoms with E-state index in [-0.39, 0.29) is 17.6 Å². The molecule has 0 bridgehead atoms. The summed E-state index contributed by atoms with van der Waals surface area (Å²) in [6, 6.07) is 0.718. The lowest BCUT2D eigenvalue weighted by molar-refractivity contribution is -0.0620. The number of thiazole rings is 1. The highest BCUT2D eigenvalue weighted by Gasteiger charge is 2.58. The first-order chi connectivity index (χ1) is 10.4. The van der Waals surface area contributed by atoms with Crippen molar-refractivity contribution in [3.05, 3.63) is 16.6 Å². The molecule has 2 aliphatic carbocycles. The Labute approximate surface area is 135 Å². The Bertz CT molecular complexity index is 520. The number of nitrogens with zero attached hydrogens (tertiary/aromatic N) is 1. The highest BCUT2D eigenvalue weighted by molar-refractivity contribution is 7.09. The second-order valence-electron chi connectivity index (χ2n) is 7.38. The van der Waals surface area contributed by atoms with Gasteiger partial charge in [-0.2, -0.15) is 0 Å². The predicted molar refractivity (Wildman–Crippen MR) is 86.8 cm³/mol. The van der Waals surface area contributed by atoms with Crippen LogP contribution in [0.1, 0.15) is 51.5 Å². The van der Waals surface area contributed by atoms with Crippen molar-refractivity contribution in [2.45, 2.75) is 70.7 Å². The molecule has 6 heteroatoms. The Morgan fingerprint density at radius 2 is 2.23 bits per heavy atom. The van der Waals surface area contributed by atoms with Crippen LogP contribution in [0.4, 0.5) is 4.79 Å². The van der Waals surface area contributed by atoms with Crippen LogP contribution in [0, 0.1) is 5.41 Å². The predicted octanol–water partition coefficient (Wildman–Crippen LogP) is 3.07. The van der Waals surface area contributed by atoms with Gasteiger partial charge in [-0.25, -0.2) is 9.78 Å². The average molecular weight is 323 g/mol. The number of alkyl carbamates (subject to hydrolysis) is 1. The summed E-state index contributed by atoms with van der Waals surface area (Å²) < 4.78 is 5.38. The van der Waals surface area contributed by atoms with Gasteiger partial charge in [0.15, 0.2) is 0 Å². The lowest BCUT2D eigenvalue weighted by atomic mass is 9.50. The minimum Gasteiger partial charge on any atom is -0.444 e. The van der Waals surface area contributed by atoms with Crippen molar-refractivity contribution in [2.24, 2.45) is 5.41 Å². The van der Waals surface area contributed by atoms with Gasteiger partial charge in [-0.3, -0.25) is 0 Å². The number of ether oxygens (including phenoxy) is 1. The van der Waals surface area contributed by atoms with Crippen molar-refractivity contribution < 1.29 is 9.53 Å². The van der Waals surface area contributed by atoms with Crippen LogP contribution in [0.5, 0.6) is 0 Å². The third-order valence-corrected chi connectivity index (χ3v) is 5.60. The van der Waals surface area contributed by atoms with Gasteiger partial charge in [-0.15, -0.1) is 11.3 Å². The molecule has 1 heterocycles. The first kappa shape index (κ1) is 15.7. The van der Waals surface area contributed by atoms with Crippen LogP contribution in [-0.4, -0.2) is 28.8 Å². The largest absolute Gasteiger partial charge is 0.444 e. The van der Waals surface area contributed by atoms with Gasteiger partial charge in [0.25, 0.3) is 0 Å². The van der Waals surface area contributed by atoms with Gasteiger partial charge in [-0.1, -0.05) is 6.42 Å². The summed E-state index contributed by atoms with van der Waals surface area (Å²) in [5.74, 6) is 0. The highest BCUT2D eigenvalue weighted by atomic mass is 32.1. The molecule has 0 saturated heterocycles. The van der Waals surface area contributed by atoms with Gasteiger partial charge >= 0.3 is 6.09 Å². The maximum Gasteiger partial charge on any atom is 0.407 e. The Morgan fingerprint density at radius 3 is 2.77 bits per heavy atom. The highest BCUT2D eigenvalue weighted by Crippen LogP contribution is 2.56. The molecule has 1 spiro atoms. The fourth-order valence-electron chi connectivity index (χ4n) is 3.56. The Balaban J connectivity index is 1.52. The molecule has 22 heavy (non-hydrogen) atoms. The zero-order valence-electron chi connectivity index (χ0n) is 13.5. The molecule has 1 amide bonds. The minimum atomic E-state index is -0.441. The summed E-state index contributed by atoms with van der Waals surface area (Å²) in [5, 5.41) is 9.82.